The smallest absolute Gasteiger partial charge is 0.266 e. The quantitative estimate of drug-likeness (QED) is 0.848. The predicted molar refractivity (Wildman–Crippen MR) is 81.8 cm³/mol. The van der Waals surface area contributed by atoms with Gasteiger partial charge >= 0.3 is 0 Å². The van der Waals surface area contributed by atoms with E-state index < -0.39 is 10.0 Å². The van der Waals surface area contributed by atoms with Gasteiger partial charge in [0.1, 0.15) is 16.5 Å². The summed E-state index contributed by atoms with van der Waals surface area (Å²) in [6.45, 7) is 4.46. The summed E-state index contributed by atoms with van der Waals surface area (Å²) in [6, 6.07) is 4.80. The van der Waals surface area contributed by atoms with E-state index in [-0.39, 0.29) is 4.90 Å². The highest BCUT2D eigenvalue weighted by molar-refractivity contribution is 7.92. The Balaban J connectivity index is 2.33. The van der Waals surface area contributed by atoms with E-state index >= 15 is 0 Å². The molecule has 0 unspecified atom stereocenters. The van der Waals surface area contributed by atoms with Crippen molar-refractivity contribution in [2.24, 2.45) is 7.05 Å². The molecule has 0 atom stereocenters. The molecule has 0 aliphatic rings. The molecule has 0 aromatic carbocycles. The van der Waals surface area contributed by atoms with Crippen molar-refractivity contribution in [2.75, 3.05) is 16.6 Å². The number of hydrogen-bond acceptors (Lipinski definition) is 5. The molecule has 0 fully saturated rings. The summed E-state index contributed by atoms with van der Waals surface area (Å²) in [7, 11) is -2.03. The van der Waals surface area contributed by atoms with Crippen LogP contribution >= 0.6 is 0 Å². The maximum Gasteiger partial charge on any atom is 0.266 e. The standard InChI is InChI=1S/C13H19N5O2S/c1-4-7-14-13-11(6-5-8-15-13)21(19,20)17-12-9-10(2)16-18(12)3/h5-6,8-9,17H,4,7H2,1-3H3,(H,14,15). The van der Waals surface area contributed by atoms with Crippen LogP contribution in [0.5, 0.6) is 0 Å². The third-order valence-electron chi connectivity index (χ3n) is 2.84. The summed E-state index contributed by atoms with van der Waals surface area (Å²) < 4.78 is 29.1. The molecule has 0 amide bonds. The van der Waals surface area contributed by atoms with Crippen molar-refractivity contribution in [1.82, 2.24) is 14.8 Å². The normalized spacial score (nSPS) is 11.4. The first-order valence-electron chi connectivity index (χ1n) is 6.66. The number of pyridine rings is 1. The molecular formula is C13H19N5O2S. The Morgan fingerprint density at radius 1 is 1.38 bits per heavy atom. The number of nitrogens with zero attached hydrogens (tertiary/aromatic N) is 3. The Labute approximate surface area is 124 Å². The van der Waals surface area contributed by atoms with Gasteiger partial charge in [0.2, 0.25) is 0 Å². The van der Waals surface area contributed by atoms with E-state index in [4.69, 9.17) is 0 Å². The van der Waals surface area contributed by atoms with Crippen LogP contribution in [0.2, 0.25) is 0 Å². The second kappa shape index (κ2) is 6.13. The largest absolute Gasteiger partial charge is 0.369 e. The lowest BCUT2D eigenvalue weighted by Gasteiger charge is -2.12. The summed E-state index contributed by atoms with van der Waals surface area (Å²) in [5, 5.41) is 7.14. The molecule has 7 nitrogen and oxygen atoms in total. The van der Waals surface area contributed by atoms with E-state index in [1.807, 2.05) is 6.92 Å². The van der Waals surface area contributed by atoms with Crippen LogP contribution in [0.3, 0.4) is 0 Å². The number of nitrogens with one attached hydrogen (secondary N) is 2. The Hall–Kier alpha value is -2.09. The molecule has 114 valence electrons. The monoisotopic (exact) mass is 309 g/mol. The Bertz CT molecular complexity index is 724. The van der Waals surface area contributed by atoms with E-state index in [1.165, 1.54) is 10.7 Å². The van der Waals surface area contributed by atoms with Gasteiger partial charge in [0.25, 0.3) is 10.0 Å². The van der Waals surface area contributed by atoms with E-state index in [1.54, 1.807) is 32.3 Å². The van der Waals surface area contributed by atoms with Gasteiger partial charge in [-0.1, -0.05) is 6.92 Å². The van der Waals surface area contributed by atoms with Crippen LogP contribution in [0.1, 0.15) is 19.0 Å². The predicted octanol–water partition coefficient (Wildman–Crippen LogP) is 1.75. The Morgan fingerprint density at radius 2 is 2.14 bits per heavy atom. The molecule has 2 rings (SSSR count). The molecule has 0 aliphatic carbocycles. The molecule has 0 saturated heterocycles. The lowest BCUT2D eigenvalue weighted by atomic mass is 10.4. The Kier molecular flexibility index (Phi) is 4.46. The van der Waals surface area contributed by atoms with Gasteiger partial charge in [-0.3, -0.25) is 9.40 Å². The van der Waals surface area contributed by atoms with Crippen LogP contribution < -0.4 is 10.0 Å². The van der Waals surface area contributed by atoms with Crippen LogP contribution in [0.25, 0.3) is 0 Å². The molecule has 8 heteroatoms. The maximum absolute atomic E-state index is 12.5. The molecule has 0 aliphatic heterocycles. The highest BCUT2D eigenvalue weighted by Crippen LogP contribution is 2.21. The van der Waals surface area contributed by atoms with Crippen molar-refractivity contribution in [1.29, 1.82) is 0 Å². The average molecular weight is 309 g/mol. The van der Waals surface area contributed by atoms with E-state index in [0.29, 0.717) is 18.2 Å². The van der Waals surface area contributed by atoms with Crippen molar-refractivity contribution in [2.45, 2.75) is 25.2 Å². The summed E-state index contributed by atoms with van der Waals surface area (Å²) in [5.74, 6) is 0.767. The summed E-state index contributed by atoms with van der Waals surface area (Å²) in [5.41, 5.74) is 0.741. The van der Waals surface area contributed by atoms with Gasteiger partial charge in [-0.2, -0.15) is 5.10 Å². The summed E-state index contributed by atoms with van der Waals surface area (Å²) in [6.07, 6.45) is 2.44. The number of aryl methyl sites for hydroxylation is 2. The fourth-order valence-corrected chi connectivity index (χ4v) is 3.10. The fourth-order valence-electron chi connectivity index (χ4n) is 1.88. The van der Waals surface area contributed by atoms with Crippen molar-refractivity contribution < 1.29 is 8.42 Å². The van der Waals surface area contributed by atoms with Gasteiger partial charge in [-0.25, -0.2) is 13.4 Å². The van der Waals surface area contributed by atoms with Crippen molar-refractivity contribution in [3.8, 4) is 0 Å². The SMILES string of the molecule is CCCNc1ncccc1S(=O)(=O)Nc1cc(C)nn1C. The summed E-state index contributed by atoms with van der Waals surface area (Å²) >= 11 is 0. The Morgan fingerprint density at radius 3 is 2.76 bits per heavy atom. The molecule has 2 heterocycles. The van der Waals surface area contributed by atoms with Crippen LogP contribution in [-0.2, 0) is 17.1 Å². The van der Waals surface area contributed by atoms with Gasteiger partial charge in [0, 0.05) is 25.9 Å². The van der Waals surface area contributed by atoms with Gasteiger partial charge in [0.15, 0.2) is 0 Å². The minimum atomic E-state index is -3.72. The van der Waals surface area contributed by atoms with E-state index in [9.17, 15) is 8.42 Å². The second-order valence-electron chi connectivity index (χ2n) is 4.68. The van der Waals surface area contributed by atoms with E-state index in [0.717, 1.165) is 12.1 Å². The van der Waals surface area contributed by atoms with Gasteiger partial charge < -0.3 is 5.32 Å². The third-order valence-corrected chi connectivity index (χ3v) is 4.23. The van der Waals surface area contributed by atoms with Crippen LogP contribution in [-0.4, -0.2) is 29.7 Å². The van der Waals surface area contributed by atoms with Gasteiger partial charge in [0.05, 0.1) is 5.69 Å². The van der Waals surface area contributed by atoms with Crippen LogP contribution in [0, 0.1) is 6.92 Å². The average Bonchev–Trinajstić information content (AvgIpc) is 2.74. The zero-order valence-corrected chi connectivity index (χ0v) is 13.1. The van der Waals surface area contributed by atoms with Crippen LogP contribution in [0.4, 0.5) is 11.6 Å². The molecule has 2 aromatic heterocycles. The van der Waals surface area contributed by atoms with Crippen molar-refractivity contribution >= 4 is 21.7 Å². The molecular weight excluding hydrogens is 290 g/mol. The highest BCUT2D eigenvalue weighted by Gasteiger charge is 2.20. The van der Waals surface area contributed by atoms with Crippen molar-refractivity contribution in [3.63, 3.8) is 0 Å². The molecule has 2 N–H and O–H groups in total. The topological polar surface area (TPSA) is 88.9 Å². The first-order chi connectivity index (χ1) is 9.94. The van der Waals surface area contributed by atoms with Gasteiger partial charge in [-0.05, 0) is 25.5 Å². The maximum atomic E-state index is 12.5. The number of hydrogen-bond donors (Lipinski definition) is 2. The van der Waals surface area contributed by atoms with E-state index in [2.05, 4.69) is 20.1 Å². The number of rotatable bonds is 6. The molecule has 0 spiro atoms. The zero-order chi connectivity index (χ0) is 15.5. The first-order valence-corrected chi connectivity index (χ1v) is 8.14. The molecule has 0 saturated carbocycles. The minimum Gasteiger partial charge on any atom is -0.369 e. The molecule has 2 aromatic rings. The van der Waals surface area contributed by atoms with Crippen LogP contribution in [0.15, 0.2) is 29.3 Å². The highest BCUT2D eigenvalue weighted by atomic mass is 32.2. The van der Waals surface area contributed by atoms with Crippen molar-refractivity contribution in [3.05, 3.63) is 30.1 Å². The van der Waals surface area contributed by atoms with Gasteiger partial charge in [-0.15, -0.1) is 0 Å². The minimum absolute atomic E-state index is 0.123. The zero-order valence-electron chi connectivity index (χ0n) is 12.3. The number of anilines is 2. The third kappa shape index (κ3) is 3.52. The first kappa shape index (κ1) is 15.3. The fraction of sp³-hybridized carbons (Fsp3) is 0.385. The molecule has 0 bridgehead atoms. The number of sulfonamides is 1. The molecule has 0 radical (unpaired) electrons. The lowest BCUT2D eigenvalue weighted by Crippen LogP contribution is -2.18. The second-order valence-corrected chi connectivity index (χ2v) is 6.33. The summed E-state index contributed by atoms with van der Waals surface area (Å²) in [4.78, 5) is 4.22. The lowest BCUT2D eigenvalue weighted by molar-refractivity contribution is 0.600. The molecule has 21 heavy (non-hydrogen) atoms. The number of aromatic nitrogens is 3.